The molecule has 0 aliphatic carbocycles. The number of rotatable bonds is 7. The molecular weight excluding hydrogens is 440 g/mol. The molecule has 1 fully saturated rings. The lowest BCUT2D eigenvalue weighted by Gasteiger charge is -2.34. The first-order chi connectivity index (χ1) is 15.7. The molecule has 166 valence electrons. The predicted octanol–water partition coefficient (Wildman–Crippen LogP) is 4.32. The molecule has 1 amide bonds. The molecule has 5 rings (SSSR count). The van der Waals surface area contributed by atoms with E-state index in [-0.39, 0.29) is 11.9 Å². The largest absolute Gasteiger partial charge is 0.379 e. The van der Waals surface area contributed by atoms with Crippen molar-refractivity contribution >= 4 is 38.8 Å². The van der Waals surface area contributed by atoms with Crippen LogP contribution in [0.1, 0.15) is 31.8 Å². The average molecular weight is 467 g/mol. The van der Waals surface area contributed by atoms with Gasteiger partial charge in [-0.15, -0.1) is 22.7 Å². The average Bonchev–Trinajstić information content (AvgIpc) is 3.55. The number of hydrogen-bond acceptors (Lipinski definition) is 6. The van der Waals surface area contributed by atoms with Crippen LogP contribution in [-0.4, -0.2) is 53.4 Å². The van der Waals surface area contributed by atoms with E-state index in [1.807, 2.05) is 35.9 Å². The van der Waals surface area contributed by atoms with Gasteiger partial charge in [0.15, 0.2) is 0 Å². The molecule has 0 spiro atoms. The van der Waals surface area contributed by atoms with Crippen molar-refractivity contribution in [1.29, 1.82) is 0 Å². The predicted molar refractivity (Wildman–Crippen MR) is 130 cm³/mol. The fraction of sp³-hybridized carbons (Fsp3) is 0.333. The third-order valence-electron chi connectivity index (χ3n) is 5.82. The zero-order valence-corrected chi connectivity index (χ0v) is 19.6. The van der Waals surface area contributed by atoms with Crippen LogP contribution in [0.3, 0.4) is 0 Å². The van der Waals surface area contributed by atoms with Crippen LogP contribution in [0.4, 0.5) is 0 Å². The Balaban J connectivity index is 1.32. The van der Waals surface area contributed by atoms with Gasteiger partial charge in [-0.25, -0.2) is 0 Å². The summed E-state index contributed by atoms with van der Waals surface area (Å²) in [6, 6.07) is 16.7. The zero-order valence-electron chi connectivity index (χ0n) is 18.0. The Morgan fingerprint density at radius 1 is 1.19 bits per heavy atom. The van der Waals surface area contributed by atoms with Gasteiger partial charge in [-0.1, -0.05) is 36.4 Å². The fourth-order valence-electron chi connectivity index (χ4n) is 4.14. The number of benzene rings is 1. The molecule has 4 aromatic rings. The number of aryl methyl sites for hydroxylation is 1. The normalized spacial score (nSPS) is 15.8. The monoisotopic (exact) mass is 466 g/mol. The van der Waals surface area contributed by atoms with E-state index in [1.165, 1.54) is 21.8 Å². The molecule has 1 N–H and O–H groups in total. The maximum absolute atomic E-state index is 13.1. The summed E-state index contributed by atoms with van der Waals surface area (Å²) in [5.41, 5.74) is 2.15. The number of amides is 1. The van der Waals surface area contributed by atoms with Crippen LogP contribution in [0.25, 0.3) is 10.2 Å². The molecule has 1 aromatic carbocycles. The Hall–Kier alpha value is -2.52. The number of nitrogens with one attached hydrogen (secondary N) is 1. The number of hydrogen-bond donors (Lipinski definition) is 1. The van der Waals surface area contributed by atoms with Gasteiger partial charge < -0.3 is 10.1 Å². The van der Waals surface area contributed by atoms with Crippen molar-refractivity contribution in [2.75, 3.05) is 32.8 Å². The minimum atomic E-state index is -0.0216. The number of thiophene rings is 2. The number of aromatic nitrogens is 2. The molecule has 8 heteroatoms. The summed E-state index contributed by atoms with van der Waals surface area (Å²) in [7, 11) is 0. The zero-order chi connectivity index (χ0) is 21.9. The highest BCUT2D eigenvalue weighted by molar-refractivity contribution is 7.20. The first-order valence-electron chi connectivity index (χ1n) is 10.8. The van der Waals surface area contributed by atoms with Gasteiger partial charge in [0.2, 0.25) is 0 Å². The Morgan fingerprint density at radius 3 is 2.75 bits per heavy atom. The molecule has 1 unspecified atom stereocenters. The highest BCUT2D eigenvalue weighted by atomic mass is 32.1. The molecule has 4 heterocycles. The lowest BCUT2D eigenvalue weighted by Crippen LogP contribution is -2.43. The second-order valence-corrected chi connectivity index (χ2v) is 9.96. The van der Waals surface area contributed by atoms with Gasteiger partial charge in [0.05, 0.1) is 36.4 Å². The van der Waals surface area contributed by atoms with Gasteiger partial charge in [0.25, 0.3) is 5.91 Å². The van der Waals surface area contributed by atoms with Crippen molar-refractivity contribution in [1.82, 2.24) is 20.0 Å². The highest BCUT2D eigenvalue weighted by Crippen LogP contribution is 2.30. The molecule has 0 saturated carbocycles. The van der Waals surface area contributed by atoms with Crippen molar-refractivity contribution < 1.29 is 9.53 Å². The van der Waals surface area contributed by atoms with Gasteiger partial charge in [-0.3, -0.25) is 14.4 Å². The first kappa shape index (κ1) is 21.3. The highest BCUT2D eigenvalue weighted by Gasteiger charge is 2.25. The van der Waals surface area contributed by atoms with Crippen molar-refractivity contribution in [3.8, 4) is 0 Å². The van der Waals surface area contributed by atoms with Crippen molar-refractivity contribution in [2.24, 2.45) is 0 Å². The van der Waals surface area contributed by atoms with Gasteiger partial charge in [-0.2, -0.15) is 5.10 Å². The molecule has 6 nitrogen and oxygen atoms in total. The molecular formula is C24H26N4O2S2. The topological polar surface area (TPSA) is 59.4 Å². The van der Waals surface area contributed by atoms with Crippen molar-refractivity contribution in [3.05, 3.63) is 74.9 Å². The Kier molecular flexibility index (Phi) is 6.36. The van der Waals surface area contributed by atoms with E-state index in [9.17, 15) is 4.79 Å². The Labute approximate surface area is 195 Å². The summed E-state index contributed by atoms with van der Waals surface area (Å²) < 4.78 is 7.52. The standard InChI is InChI=1S/C24H26N4O2S2/c1-17-19-14-22(32-24(19)28(26-17)16-18-6-3-2-4-7-18)23(29)25-15-20(21-8-5-13-31-21)27-9-11-30-12-10-27/h2-8,13-14,20H,9-12,15-16H2,1H3,(H,25,29). The molecule has 1 atom stereocenters. The van der Waals surface area contributed by atoms with E-state index in [4.69, 9.17) is 9.84 Å². The second-order valence-electron chi connectivity index (χ2n) is 7.95. The second kappa shape index (κ2) is 9.54. The van der Waals surface area contributed by atoms with Crippen LogP contribution in [0, 0.1) is 6.92 Å². The van der Waals surface area contributed by atoms with E-state index < -0.39 is 0 Å². The van der Waals surface area contributed by atoms with E-state index in [1.54, 1.807) is 11.3 Å². The number of fused-ring (bicyclic) bond motifs is 1. The van der Waals surface area contributed by atoms with E-state index in [0.29, 0.717) is 13.1 Å². The summed E-state index contributed by atoms with van der Waals surface area (Å²) >= 11 is 3.25. The van der Waals surface area contributed by atoms with Gasteiger partial charge in [0, 0.05) is 29.9 Å². The van der Waals surface area contributed by atoms with Crippen LogP contribution in [0.5, 0.6) is 0 Å². The number of carbonyl (C=O) groups is 1. The molecule has 1 aliphatic heterocycles. The van der Waals surface area contributed by atoms with Crippen LogP contribution < -0.4 is 5.32 Å². The summed E-state index contributed by atoms with van der Waals surface area (Å²) in [5, 5.41) is 11.0. The molecule has 32 heavy (non-hydrogen) atoms. The molecule has 1 saturated heterocycles. The lowest BCUT2D eigenvalue weighted by molar-refractivity contribution is 0.0169. The van der Waals surface area contributed by atoms with Crippen LogP contribution >= 0.6 is 22.7 Å². The SMILES string of the molecule is Cc1nn(Cc2ccccc2)c2sc(C(=O)NCC(c3cccs3)N3CCOCC3)cc12. The number of carbonyl (C=O) groups excluding carboxylic acids is 1. The third-order valence-corrected chi connectivity index (χ3v) is 7.94. The minimum absolute atomic E-state index is 0.0216. The van der Waals surface area contributed by atoms with E-state index >= 15 is 0 Å². The minimum Gasteiger partial charge on any atom is -0.379 e. The van der Waals surface area contributed by atoms with Gasteiger partial charge in [0.1, 0.15) is 4.83 Å². The number of ether oxygens (including phenoxy) is 1. The Morgan fingerprint density at radius 2 is 2.00 bits per heavy atom. The maximum atomic E-state index is 13.1. The summed E-state index contributed by atoms with van der Waals surface area (Å²) in [6.07, 6.45) is 0. The number of nitrogens with zero attached hydrogens (tertiary/aromatic N) is 3. The first-order valence-corrected chi connectivity index (χ1v) is 12.5. The van der Waals surface area contributed by atoms with E-state index in [2.05, 4.69) is 39.9 Å². The fourth-order valence-corrected chi connectivity index (χ4v) is 6.08. The lowest BCUT2D eigenvalue weighted by atomic mass is 10.2. The van der Waals surface area contributed by atoms with Gasteiger partial charge >= 0.3 is 0 Å². The van der Waals surface area contributed by atoms with Crippen LogP contribution in [0.15, 0.2) is 53.9 Å². The number of morpholine rings is 1. The molecule has 0 radical (unpaired) electrons. The summed E-state index contributed by atoms with van der Waals surface area (Å²) in [4.78, 5) is 18.5. The quantitative estimate of drug-likeness (QED) is 0.441. The van der Waals surface area contributed by atoms with E-state index in [0.717, 1.165) is 47.1 Å². The maximum Gasteiger partial charge on any atom is 0.261 e. The smallest absolute Gasteiger partial charge is 0.261 e. The molecule has 0 bridgehead atoms. The summed E-state index contributed by atoms with van der Waals surface area (Å²) in [5.74, 6) is -0.0216. The van der Waals surface area contributed by atoms with Crippen molar-refractivity contribution in [2.45, 2.75) is 19.5 Å². The third kappa shape index (κ3) is 4.49. The van der Waals surface area contributed by atoms with Crippen LogP contribution in [-0.2, 0) is 11.3 Å². The Bertz CT molecular complexity index is 1180. The van der Waals surface area contributed by atoms with Crippen molar-refractivity contribution in [3.63, 3.8) is 0 Å². The summed E-state index contributed by atoms with van der Waals surface area (Å²) in [6.45, 7) is 6.54. The van der Waals surface area contributed by atoms with Gasteiger partial charge in [-0.05, 0) is 30.0 Å². The van der Waals surface area contributed by atoms with Crippen LogP contribution in [0.2, 0.25) is 0 Å². The molecule has 3 aromatic heterocycles. The molecule has 1 aliphatic rings.